The predicted molar refractivity (Wildman–Crippen MR) is 159 cm³/mol. The number of anilines is 1. The topological polar surface area (TPSA) is 138 Å². The summed E-state index contributed by atoms with van der Waals surface area (Å²) in [7, 11) is 7.71. The zero-order chi connectivity index (χ0) is 30.4. The summed E-state index contributed by atoms with van der Waals surface area (Å²) in [5.74, 6) is -1.47. The molecule has 0 bridgehead atoms. The molecule has 1 aliphatic heterocycles. The van der Waals surface area contributed by atoms with Crippen molar-refractivity contribution in [3.63, 3.8) is 0 Å². The van der Waals surface area contributed by atoms with Crippen molar-refractivity contribution in [3.05, 3.63) is 71.1 Å². The van der Waals surface area contributed by atoms with Gasteiger partial charge in [-0.15, -0.1) is 0 Å². The molecule has 1 heterocycles. The van der Waals surface area contributed by atoms with Crippen molar-refractivity contribution in [3.8, 4) is 22.5 Å². The summed E-state index contributed by atoms with van der Waals surface area (Å²) in [5, 5.41) is 35.0. The first kappa shape index (κ1) is 30.7. The maximum atomic E-state index is 13.1. The largest absolute Gasteiger partial charge is 0.545 e. The minimum absolute atomic E-state index is 0.0376. The van der Waals surface area contributed by atoms with Crippen molar-refractivity contribution in [2.75, 3.05) is 66.1 Å². The molecular weight excluding hydrogens is 538 g/mol. The van der Waals surface area contributed by atoms with E-state index >= 15 is 0 Å². The molecule has 0 radical (unpaired) electrons. The van der Waals surface area contributed by atoms with Gasteiger partial charge in [-0.05, 0) is 42.3 Å². The number of amides is 1. The van der Waals surface area contributed by atoms with Crippen LogP contribution in [0.2, 0.25) is 0 Å². The van der Waals surface area contributed by atoms with Crippen LogP contribution in [0.25, 0.3) is 33.4 Å². The average molecular weight is 576 g/mol. The number of carboxylic acids is 1. The van der Waals surface area contributed by atoms with Gasteiger partial charge in [0.1, 0.15) is 25.4 Å². The van der Waals surface area contributed by atoms with Crippen LogP contribution in [0.4, 0.5) is 5.69 Å². The monoisotopic (exact) mass is 575 g/mol. The standard InChI is InChI=1S/C32H37N3O7/c1-34(2)22-7-10-25-28(15-22)42-29-16-23(35(3)4)8-11-26(29)30(25)27-14-21(6-9-24(27)32(39)40)31(38)33-12-5-13-41-19-20(17-36)18-37/h6-11,14-16,20,36-37H,5,12-13,17-19H2,1-4H3,(H-,33,38,39,40). The van der Waals surface area contributed by atoms with Gasteiger partial charge in [-0.2, -0.15) is 0 Å². The first-order valence-electron chi connectivity index (χ1n) is 13.8. The van der Waals surface area contributed by atoms with Crippen LogP contribution in [0.15, 0.2) is 59.0 Å². The third kappa shape index (κ3) is 6.79. The Kier molecular flexibility index (Phi) is 9.95. The highest BCUT2D eigenvalue weighted by molar-refractivity contribution is 6.09. The molecule has 0 unspecified atom stereocenters. The molecule has 0 spiro atoms. The van der Waals surface area contributed by atoms with Gasteiger partial charge in [-0.1, -0.05) is 6.07 Å². The van der Waals surface area contributed by atoms with E-state index in [2.05, 4.69) is 5.32 Å². The number of nitrogens with one attached hydrogen (secondary N) is 1. The van der Waals surface area contributed by atoms with Gasteiger partial charge in [0, 0.05) is 78.6 Å². The highest BCUT2D eigenvalue weighted by Crippen LogP contribution is 2.42. The normalized spacial score (nSPS) is 11.3. The number of ether oxygens (including phenoxy) is 1. The molecule has 0 saturated heterocycles. The van der Waals surface area contributed by atoms with Crippen molar-refractivity contribution in [1.82, 2.24) is 9.89 Å². The quantitative estimate of drug-likeness (QED) is 0.131. The number of aliphatic hydroxyl groups excluding tert-OH is 2. The van der Waals surface area contributed by atoms with E-state index in [0.29, 0.717) is 58.6 Å². The lowest BCUT2D eigenvalue weighted by Gasteiger charge is -2.20. The molecule has 2 aromatic carbocycles. The van der Waals surface area contributed by atoms with Crippen LogP contribution >= 0.6 is 0 Å². The van der Waals surface area contributed by atoms with E-state index in [4.69, 9.17) is 19.4 Å². The number of rotatable bonds is 12. The number of hydrogen-bond acceptors (Lipinski definition) is 8. The summed E-state index contributed by atoms with van der Waals surface area (Å²) in [6.45, 7) is 0.583. The van der Waals surface area contributed by atoms with Crippen LogP contribution in [0.3, 0.4) is 0 Å². The van der Waals surface area contributed by atoms with Crippen LogP contribution < -0.4 is 25.3 Å². The second-order valence-electron chi connectivity index (χ2n) is 10.6. The summed E-state index contributed by atoms with van der Waals surface area (Å²) in [4.78, 5) is 27.4. The lowest BCUT2D eigenvalue weighted by molar-refractivity contribution is -0.254. The number of carbonyl (C=O) groups is 2. The third-order valence-electron chi connectivity index (χ3n) is 7.11. The van der Waals surface area contributed by atoms with Gasteiger partial charge in [0.05, 0.1) is 31.9 Å². The maximum Gasteiger partial charge on any atom is 0.251 e. The highest BCUT2D eigenvalue weighted by atomic mass is 16.5. The van der Waals surface area contributed by atoms with Crippen molar-refractivity contribution in [1.29, 1.82) is 0 Å². The Morgan fingerprint density at radius 3 is 2.45 bits per heavy atom. The van der Waals surface area contributed by atoms with Gasteiger partial charge >= 0.3 is 0 Å². The number of benzene rings is 3. The number of nitrogens with zero attached hydrogens (tertiary/aromatic N) is 2. The fourth-order valence-electron chi connectivity index (χ4n) is 4.68. The Bertz CT molecular complexity index is 1620. The molecule has 10 heteroatoms. The highest BCUT2D eigenvalue weighted by Gasteiger charge is 2.22. The molecule has 0 aromatic heterocycles. The predicted octanol–water partition coefficient (Wildman–Crippen LogP) is 1.40. The molecule has 3 N–H and O–H groups in total. The van der Waals surface area contributed by atoms with Gasteiger partial charge in [0.15, 0.2) is 0 Å². The van der Waals surface area contributed by atoms with E-state index in [-0.39, 0.29) is 37.2 Å². The molecule has 1 amide bonds. The minimum Gasteiger partial charge on any atom is -0.545 e. The Hall–Kier alpha value is -4.25. The number of aliphatic hydroxyl groups is 2. The molecule has 42 heavy (non-hydrogen) atoms. The molecule has 0 saturated carbocycles. The Labute approximate surface area is 244 Å². The van der Waals surface area contributed by atoms with Crippen LogP contribution in [0, 0.1) is 5.92 Å². The number of carboxylic acid groups (broad SMARTS) is 1. The lowest BCUT2D eigenvalue weighted by atomic mass is 9.89. The van der Waals surface area contributed by atoms with Crippen LogP contribution in [0.5, 0.6) is 0 Å². The summed E-state index contributed by atoms with van der Waals surface area (Å²) < 4.78 is 13.8. The maximum absolute atomic E-state index is 13.1. The second-order valence-corrected chi connectivity index (χ2v) is 10.6. The molecule has 10 nitrogen and oxygen atoms in total. The minimum atomic E-state index is -1.35. The SMILES string of the molecule is CN(C)c1ccc2c(-c3cc(C(=O)NCCCOCC(CO)CO)ccc3C(=O)[O-])c3ccc(=[N+](C)C)cc-3oc2c1. The van der Waals surface area contributed by atoms with E-state index in [1.54, 1.807) is 6.07 Å². The molecule has 222 valence electrons. The fourth-order valence-corrected chi connectivity index (χ4v) is 4.68. The summed E-state index contributed by atoms with van der Waals surface area (Å²) in [6.07, 6.45) is 0.525. The van der Waals surface area contributed by atoms with Gasteiger partial charge in [-0.3, -0.25) is 4.79 Å². The lowest BCUT2D eigenvalue weighted by Crippen LogP contribution is -2.27. The molecular formula is C32H37N3O7. The molecule has 0 fully saturated rings. The van der Waals surface area contributed by atoms with Crippen molar-refractivity contribution in [2.24, 2.45) is 5.92 Å². The second kappa shape index (κ2) is 13.6. The van der Waals surface area contributed by atoms with E-state index < -0.39 is 5.97 Å². The number of hydrogen-bond donors (Lipinski definition) is 3. The Morgan fingerprint density at radius 2 is 1.79 bits per heavy atom. The fraction of sp³-hybridized carbons (Fsp3) is 0.344. The van der Waals surface area contributed by atoms with Crippen LogP contribution in [-0.2, 0) is 4.74 Å². The number of carbonyl (C=O) groups excluding carboxylic acids is 2. The van der Waals surface area contributed by atoms with E-state index in [1.807, 2.05) is 74.1 Å². The summed E-state index contributed by atoms with van der Waals surface area (Å²) >= 11 is 0. The number of fused-ring (bicyclic) bond motifs is 2. The molecule has 4 rings (SSSR count). The van der Waals surface area contributed by atoms with Crippen molar-refractivity contribution < 1.29 is 34.1 Å². The molecule has 1 aliphatic carbocycles. The van der Waals surface area contributed by atoms with Gasteiger partial charge in [0.2, 0.25) is 5.36 Å². The first-order chi connectivity index (χ1) is 20.1. The molecule has 0 atom stereocenters. The molecule has 2 aromatic rings. The van der Waals surface area contributed by atoms with Gasteiger partial charge < -0.3 is 39.5 Å². The Morgan fingerprint density at radius 1 is 1.02 bits per heavy atom. The first-order valence-corrected chi connectivity index (χ1v) is 13.8. The zero-order valence-electron chi connectivity index (χ0n) is 24.3. The summed E-state index contributed by atoms with van der Waals surface area (Å²) in [5.41, 5.74) is 3.44. The van der Waals surface area contributed by atoms with Crippen LogP contribution in [0.1, 0.15) is 27.1 Å². The summed E-state index contributed by atoms with van der Waals surface area (Å²) in [6, 6.07) is 15.9. The number of aromatic carboxylic acids is 1. The van der Waals surface area contributed by atoms with Crippen LogP contribution in [-0.4, -0.2) is 83.3 Å². The third-order valence-corrected chi connectivity index (χ3v) is 7.11. The van der Waals surface area contributed by atoms with Gasteiger partial charge in [-0.25, -0.2) is 4.58 Å². The van der Waals surface area contributed by atoms with E-state index in [0.717, 1.165) is 11.0 Å². The van der Waals surface area contributed by atoms with Crippen molar-refractivity contribution >= 4 is 28.5 Å². The van der Waals surface area contributed by atoms with Crippen molar-refractivity contribution in [2.45, 2.75) is 6.42 Å². The van der Waals surface area contributed by atoms with Gasteiger partial charge in [0.25, 0.3) is 5.91 Å². The molecule has 2 aliphatic rings. The van der Waals surface area contributed by atoms with E-state index in [1.165, 1.54) is 12.1 Å². The zero-order valence-corrected chi connectivity index (χ0v) is 24.3. The Balaban J connectivity index is 1.75. The average Bonchev–Trinajstić information content (AvgIpc) is 2.98. The van der Waals surface area contributed by atoms with E-state index in [9.17, 15) is 14.7 Å². The smallest absolute Gasteiger partial charge is 0.251 e.